The van der Waals surface area contributed by atoms with Crippen molar-refractivity contribution in [2.24, 2.45) is 0 Å². The Hall–Kier alpha value is -2.12. The van der Waals surface area contributed by atoms with Gasteiger partial charge in [0.25, 0.3) is 11.8 Å². The number of rotatable bonds is 14. The first-order chi connectivity index (χ1) is 18.4. The van der Waals surface area contributed by atoms with Gasteiger partial charge in [-0.2, -0.15) is 0 Å². The summed E-state index contributed by atoms with van der Waals surface area (Å²) in [5.41, 5.74) is 1.01. The zero-order chi connectivity index (χ0) is 27.3. The Balaban J connectivity index is 1.65. The Bertz CT molecular complexity index is 945. The molecule has 0 aliphatic carbocycles. The molecule has 1 saturated heterocycles. The minimum absolute atomic E-state index is 0.0521. The fourth-order valence-corrected chi connectivity index (χ4v) is 5.42. The van der Waals surface area contributed by atoms with Crippen LogP contribution in [0.4, 0.5) is 0 Å². The molecule has 1 fully saturated rings. The summed E-state index contributed by atoms with van der Waals surface area (Å²) in [7, 11) is 0. The number of nitrogens with zero attached hydrogens (tertiary/aromatic N) is 2. The highest BCUT2D eigenvalue weighted by molar-refractivity contribution is 6.34. The number of unbranched alkanes of at least 4 members (excludes halogenated alkanes) is 4. The molecule has 0 aromatic heterocycles. The first kappa shape index (κ1) is 30.4. The van der Waals surface area contributed by atoms with E-state index < -0.39 is 0 Å². The molecule has 2 unspecified atom stereocenters. The zero-order valence-electron chi connectivity index (χ0n) is 22.7. The summed E-state index contributed by atoms with van der Waals surface area (Å²) in [6.07, 6.45) is 8.31. The number of carbonyl (C=O) groups is 2. The second-order valence-electron chi connectivity index (χ2n) is 10.0. The lowest BCUT2D eigenvalue weighted by atomic mass is 10.1. The molecular weight excluding hydrogens is 519 g/mol. The Morgan fingerprint density at radius 3 is 1.39 bits per heavy atom. The van der Waals surface area contributed by atoms with Crippen LogP contribution in [-0.4, -0.2) is 60.1 Å². The fourth-order valence-electron chi connectivity index (χ4n) is 4.98. The molecule has 3 rings (SSSR count). The van der Waals surface area contributed by atoms with E-state index in [0.717, 1.165) is 77.5 Å². The van der Waals surface area contributed by atoms with E-state index in [2.05, 4.69) is 34.3 Å². The van der Waals surface area contributed by atoms with E-state index >= 15 is 0 Å². The van der Waals surface area contributed by atoms with Gasteiger partial charge in [0.1, 0.15) is 0 Å². The maximum absolute atomic E-state index is 13.1. The maximum Gasteiger partial charge on any atom is 0.254 e. The standard InChI is InChI=1S/C30H42Cl2N4O2/c1-3-5-7-17-27(33-29(37)23-13-9-11-15-25(23)31)35-19-21-36(22-20-35)28(18-8-6-4-2)34-30(38)24-14-10-12-16-26(24)32/h9-16,27-28H,3-8,17-22H2,1-2H3,(H,33,37)(H,34,38). The van der Waals surface area contributed by atoms with Crippen molar-refractivity contribution in [3.63, 3.8) is 0 Å². The molecule has 0 radical (unpaired) electrons. The normalized spacial score (nSPS) is 16.1. The zero-order valence-corrected chi connectivity index (χ0v) is 24.2. The van der Waals surface area contributed by atoms with E-state index in [1.807, 2.05) is 24.3 Å². The van der Waals surface area contributed by atoms with Crippen molar-refractivity contribution in [3.8, 4) is 0 Å². The molecule has 0 spiro atoms. The van der Waals surface area contributed by atoms with Gasteiger partial charge in [-0.3, -0.25) is 19.4 Å². The number of piperazine rings is 1. The average molecular weight is 562 g/mol. The second kappa shape index (κ2) is 16.1. The van der Waals surface area contributed by atoms with Crippen LogP contribution in [-0.2, 0) is 0 Å². The molecule has 0 bridgehead atoms. The molecule has 2 N–H and O–H groups in total. The van der Waals surface area contributed by atoms with Crippen molar-refractivity contribution < 1.29 is 9.59 Å². The van der Waals surface area contributed by atoms with Crippen LogP contribution in [0.15, 0.2) is 48.5 Å². The Morgan fingerprint density at radius 2 is 1.05 bits per heavy atom. The van der Waals surface area contributed by atoms with E-state index in [4.69, 9.17) is 23.2 Å². The van der Waals surface area contributed by atoms with Gasteiger partial charge in [0.05, 0.1) is 33.5 Å². The van der Waals surface area contributed by atoms with Gasteiger partial charge < -0.3 is 10.6 Å². The minimum Gasteiger partial charge on any atom is -0.336 e. The third-order valence-electron chi connectivity index (χ3n) is 7.23. The third kappa shape index (κ3) is 8.98. The first-order valence-corrected chi connectivity index (χ1v) is 14.8. The number of hydrogen-bond donors (Lipinski definition) is 2. The van der Waals surface area contributed by atoms with E-state index in [1.54, 1.807) is 24.3 Å². The van der Waals surface area contributed by atoms with Crippen molar-refractivity contribution in [1.82, 2.24) is 20.4 Å². The molecule has 8 heteroatoms. The van der Waals surface area contributed by atoms with Crippen molar-refractivity contribution in [1.29, 1.82) is 0 Å². The predicted octanol–water partition coefficient (Wildman–Crippen LogP) is 6.58. The summed E-state index contributed by atoms with van der Waals surface area (Å²) in [6, 6.07) is 14.4. The summed E-state index contributed by atoms with van der Waals surface area (Å²) in [6.45, 7) is 7.62. The first-order valence-electron chi connectivity index (χ1n) is 14.0. The molecule has 38 heavy (non-hydrogen) atoms. The molecule has 1 heterocycles. The highest BCUT2D eigenvalue weighted by Gasteiger charge is 2.29. The SMILES string of the molecule is CCCCCC(NC(=O)c1ccccc1Cl)N1CCN(C(CCCCC)NC(=O)c2ccccc2Cl)CC1. The molecule has 2 aromatic rings. The van der Waals surface area contributed by atoms with Crippen molar-refractivity contribution in [3.05, 3.63) is 69.7 Å². The molecular formula is C30H42Cl2N4O2. The van der Waals surface area contributed by atoms with E-state index in [9.17, 15) is 9.59 Å². The molecule has 2 amide bonds. The van der Waals surface area contributed by atoms with Gasteiger partial charge in [-0.15, -0.1) is 0 Å². The van der Waals surface area contributed by atoms with E-state index in [-0.39, 0.29) is 24.1 Å². The van der Waals surface area contributed by atoms with Crippen LogP contribution in [0.25, 0.3) is 0 Å². The Kier molecular flexibility index (Phi) is 12.9. The number of benzene rings is 2. The van der Waals surface area contributed by atoms with Gasteiger partial charge in [-0.1, -0.05) is 99.8 Å². The van der Waals surface area contributed by atoms with Crippen LogP contribution < -0.4 is 10.6 Å². The van der Waals surface area contributed by atoms with Crippen LogP contribution >= 0.6 is 23.2 Å². The summed E-state index contributed by atoms with van der Waals surface area (Å²) in [5.74, 6) is -0.270. The lowest BCUT2D eigenvalue weighted by molar-refractivity contribution is 0.0371. The van der Waals surface area contributed by atoms with Gasteiger partial charge in [0.2, 0.25) is 0 Å². The van der Waals surface area contributed by atoms with Crippen LogP contribution in [0.2, 0.25) is 10.0 Å². The van der Waals surface area contributed by atoms with Gasteiger partial charge >= 0.3 is 0 Å². The quantitative estimate of drug-likeness (QED) is 0.256. The van der Waals surface area contributed by atoms with Gasteiger partial charge in [0, 0.05) is 26.2 Å². The fraction of sp³-hybridized carbons (Fsp3) is 0.533. The molecule has 1 aliphatic rings. The largest absolute Gasteiger partial charge is 0.336 e. The summed E-state index contributed by atoms with van der Waals surface area (Å²) >= 11 is 12.6. The molecule has 6 nitrogen and oxygen atoms in total. The van der Waals surface area contributed by atoms with Crippen LogP contribution in [0.3, 0.4) is 0 Å². The molecule has 2 atom stereocenters. The maximum atomic E-state index is 13.1. The smallest absolute Gasteiger partial charge is 0.254 e. The highest BCUT2D eigenvalue weighted by atomic mass is 35.5. The predicted molar refractivity (Wildman–Crippen MR) is 157 cm³/mol. The van der Waals surface area contributed by atoms with Crippen molar-refractivity contribution in [2.75, 3.05) is 26.2 Å². The lowest BCUT2D eigenvalue weighted by Crippen LogP contribution is -2.60. The van der Waals surface area contributed by atoms with Gasteiger partial charge in [-0.05, 0) is 37.1 Å². The van der Waals surface area contributed by atoms with E-state index in [1.165, 1.54) is 0 Å². The van der Waals surface area contributed by atoms with Crippen LogP contribution in [0, 0.1) is 0 Å². The second-order valence-corrected chi connectivity index (χ2v) is 10.8. The number of amides is 2. The summed E-state index contributed by atoms with van der Waals surface area (Å²) in [5, 5.41) is 7.42. The number of hydrogen-bond acceptors (Lipinski definition) is 4. The van der Waals surface area contributed by atoms with Crippen LogP contribution in [0.1, 0.15) is 85.9 Å². The average Bonchev–Trinajstić information content (AvgIpc) is 2.92. The minimum atomic E-state index is -0.135. The van der Waals surface area contributed by atoms with Crippen molar-refractivity contribution >= 4 is 35.0 Å². The Labute approximate surface area is 238 Å². The lowest BCUT2D eigenvalue weighted by Gasteiger charge is -2.42. The summed E-state index contributed by atoms with van der Waals surface area (Å²) in [4.78, 5) is 30.8. The number of carbonyl (C=O) groups excluding carboxylic acids is 2. The van der Waals surface area contributed by atoms with Crippen LogP contribution in [0.5, 0.6) is 0 Å². The third-order valence-corrected chi connectivity index (χ3v) is 7.88. The van der Waals surface area contributed by atoms with Gasteiger partial charge in [-0.25, -0.2) is 0 Å². The monoisotopic (exact) mass is 560 g/mol. The molecule has 1 aliphatic heterocycles. The highest BCUT2D eigenvalue weighted by Crippen LogP contribution is 2.20. The summed E-state index contributed by atoms with van der Waals surface area (Å²) < 4.78 is 0. The van der Waals surface area contributed by atoms with Crippen molar-refractivity contribution in [2.45, 2.75) is 77.5 Å². The number of nitrogens with one attached hydrogen (secondary N) is 2. The van der Waals surface area contributed by atoms with E-state index in [0.29, 0.717) is 21.2 Å². The van der Waals surface area contributed by atoms with Gasteiger partial charge in [0.15, 0.2) is 0 Å². The topological polar surface area (TPSA) is 64.7 Å². The molecule has 2 aromatic carbocycles. The Morgan fingerprint density at radius 1 is 0.684 bits per heavy atom. The molecule has 208 valence electrons. The number of halogens is 2. The molecule has 0 saturated carbocycles.